The highest BCUT2D eigenvalue weighted by atomic mass is 35.5. The molecule has 0 amide bonds. The second-order valence-corrected chi connectivity index (χ2v) is 10.5. The Morgan fingerprint density at radius 3 is 2.67 bits per heavy atom. The van der Waals surface area contributed by atoms with E-state index in [2.05, 4.69) is 31.0 Å². The molecule has 0 aliphatic carbocycles. The Balaban J connectivity index is 1.71. The number of pyridine rings is 1. The third-order valence-corrected chi connectivity index (χ3v) is 8.10. The molecule has 8 heteroatoms. The Labute approximate surface area is 183 Å². The first-order valence-corrected chi connectivity index (χ1v) is 12.3. The Bertz CT molecular complexity index is 1400. The fourth-order valence-electron chi connectivity index (χ4n) is 3.40. The van der Waals surface area contributed by atoms with E-state index in [9.17, 15) is 13.2 Å². The van der Waals surface area contributed by atoms with Crippen LogP contribution in [-0.2, 0) is 16.3 Å². The Hall–Kier alpha value is -2.48. The van der Waals surface area contributed by atoms with E-state index < -0.39 is 9.84 Å². The van der Waals surface area contributed by atoms with Crippen molar-refractivity contribution in [2.75, 3.05) is 6.26 Å². The number of Topliss-reactive ketones (excluding diaryl/α,β-unsaturated/α-hetero) is 1. The number of sulfone groups is 1. The number of thiophene rings is 1. The van der Waals surface area contributed by atoms with Gasteiger partial charge in [0.25, 0.3) is 0 Å². The van der Waals surface area contributed by atoms with Crippen molar-refractivity contribution in [3.63, 3.8) is 0 Å². The number of fused-ring (bicyclic) bond motifs is 1. The van der Waals surface area contributed by atoms with Gasteiger partial charge in [0.15, 0.2) is 15.6 Å². The number of carbonyl (C=O) groups is 1. The lowest BCUT2D eigenvalue weighted by Gasteiger charge is -2.10. The van der Waals surface area contributed by atoms with Crippen molar-refractivity contribution in [1.82, 2.24) is 9.38 Å². The Morgan fingerprint density at radius 2 is 1.97 bits per heavy atom. The Kier molecular flexibility index (Phi) is 5.30. The average molecular weight is 459 g/mol. The molecule has 5 nitrogen and oxygen atoms in total. The number of aromatic nitrogens is 2. The first-order valence-electron chi connectivity index (χ1n) is 9.19. The first kappa shape index (κ1) is 20.8. The monoisotopic (exact) mass is 458 g/mol. The topological polar surface area (TPSA) is 68.5 Å². The smallest absolute Gasteiger partial charge is 0.180 e. The van der Waals surface area contributed by atoms with Gasteiger partial charge in [0, 0.05) is 24.0 Å². The summed E-state index contributed by atoms with van der Waals surface area (Å²) in [6, 6.07) is 10.1. The maximum absolute atomic E-state index is 12.9. The summed E-state index contributed by atoms with van der Waals surface area (Å²) in [5.41, 5.74) is 6.02. The van der Waals surface area contributed by atoms with Crippen LogP contribution in [0.3, 0.4) is 0 Å². The van der Waals surface area contributed by atoms with Crippen molar-refractivity contribution < 1.29 is 13.2 Å². The van der Waals surface area contributed by atoms with Gasteiger partial charge in [-0.1, -0.05) is 29.8 Å². The number of ketones is 1. The van der Waals surface area contributed by atoms with Gasteiger partial charge in [-0.2, -0.15) is 0 Å². The van der Waals surface area contributed by atoms with Gasteiger partial charge in [-0.05, 0) is 48.2 Å². The number of carbonyl (C=O) groups excluding carboxylic acids is 1. The number of imidazole rings is 1. The van der Waals surface area contributed by atoms with Crippen molar-refractivity contribution in [3.8, 4) is 11.1 Å². The maximum Gasteiger partial charge on any atom is 0.180 e. The third kappa shape index (κ3) is 3.69. The highest BCUT2D eigenvalue weighted by molar-refractivity contribution is 7.91. The van der Waals surface area contributed by atoms with Crippen LogP contribution in [0.5, 0.6) is 0 Å². The van der Waals surface area contributed by atoms with E-state index in [0.29, 0.717) is 5.69 Å². The fraction of sp³-hybridized carbons (Fsp3) is 0.182. The van der Waals surface area contributed by atoms with E-state index in [0.717, 1.165) is 34.4 Å². The molecule has 0 N–H and O–H groups in total. The second-order valence-electron chi connectivity index (χ2n) is 7.26. The van der Waals surface area contributed by atoms with Crippen LogP contribution in [0.25, 0.3) is 16.8 Å². The van der Waals surface area contributed by atoms with Gasteiger partial charge in [-0.15, -0.1) is 11.3 Å². The van der Waals surface area contributed by atoms with Crippen LogP contribution in [-0.4, -0.2) is 29.8 Å². The lowest BCUT2D eigenvalue weighted by molar-refractivity contribution is 0.0995. The summed E-state index contributed by atoms with van der Waals surface area (Å²) in [4.78, 5) is 17.5. The summed E-state index contributed by atoms with van der Waals surface area (Å²) in [5, 5.41) is 1.41. The molecule has 3 heterocycles. The molecular weight excluding hydrogens is 440 g/mol. The predicted molar refractivity (Wildman–Crippen MR) is 121 cm³/mol. The molecule has 4 rings (SSSR count). The molecule has 4 aromatic rings. The number of hydrogen-bond acceptors (Lipinski definition) is 5. The quantitative estimate of drug-likeness (QED) is 0.387. The van der Waals surface area contributed by atoms with Gasteiger partial charge in [-0.25, -0.2) is 13.4 Å². The normalized spacial score (nSPS) is 11.9. The minimum Gasteiger partial charge on any atom is -0.303 e. The van der Waals surface area contributed by atoms with E-state index in [-0.39, 0.29) is 27.0 Å². The van der Waals surface area contributed by atoms with E-state index in [1.165, 1.54) is 16.5 Å². The zero-order valence-corrected chi connectivity index (χ0v) is 19.0. The first-order chi connectivity index (χ1) is 14.2. The highest BCUT2D eigenvalue weighted by Gasteiger charge is 2.23. The predicted octanol–water partition coefficient (Wildman–Crippen LogP) is 5.16. The molecule has 0 saturated carbocycles. The van der Waals surface area contributed by atoms with Crippen LogP contribution in [0.4, 0.5) is 0 Å². The maximum atomic E-state index is 12.9. The summed E-state index contributed by atoms with van der Waals surface area (Å²) >= 11 is 7.24. The molecule has 0 saturated heterocycles. The molecule has 0 aliphatic rings. The van der Waals surface area contributed by atoms with Crippen molar-refractivity contribution >= 4 is 44.2 Å². The summed E-state index contributed by atoms with van der Waals surface area (Å²) in [7, 11) is -3.48. The van der Waals surface area contributed by atoms with Gasteiger partial charge < -0.3 is 4.40 Å². The van der Waals surface area contributed by atoms with Gasteiger partial charge in [0.05, 0.1) is 26.9 Å². The fourth-order valence-corrected chi connectivity index (χ4v) is 6.27. The number of rotatable bonds is 5. The summed E-state index contributed by atoms with van der Waals surface area (Å²) < 4.78 is 25.5. The molecule has 0 unspecified atom stereocenters. The van der Waals surface area contributed by atoms with E-state index in [1.807, 2.05) is 28.8 Å². The molecule has 0 spiro atoms. The molecule has 154 valence electrons. The SMILES string of the molecule is Cc1cccc(-c2ccc3ncc(CC(=O)c4scc(S(C)(=O)=O)c4Cl)n3c2)c1C. The zero-order valence-electron chi connectivity index (χ0n) is 16.6. The van der Waals surface area contributed by atoms with Crippen LogP contribution in [0.1, 0.15) is 26.5 Å². The summed E-state index contributed by atoms with van der Waals surface area (Å²) in [6.07, 6.45) is 4.79. The lowest BCUT2D eigenvalue weighted by Crippen LogP contribution is -2.05. The van der Waals surface area contributed by atoms with Gasteiger partial charge >= 0.3 is 0 Å². The van der Waals surface area contributed by atoms with Crippen LogP contribution < -0.4 is 0 Å². The van der Waals surface area contributed by atoms with Crippen LogP contribution in [0.15, 0.2) is 53.0 Å². The van der Waals surface area contributed by atoms with E-state index in [4.69, 9.17) is 11.6 Å². The van der Waals surface area contributed by atoms with E-state index >= 15 is 0 Å². The number of nitrogens with zero attached hydrogens (tertiary/aromatic N) is 2. The van der Waals surface area contributed by atoms with E-state index in [1.54, 1.807) is 6.20 Å². The molecule has 0 fully saturated rings. The summed E-state index contributed by atoms with van der Waals surface area (Å²) in [6.45, 7) is 4.17. The highest BCUT2D eigenvalue weighted by Crippen LogP contribution is 2.32. The average Bonchev–Trinajstić information content (AvgIpc) is 3.27. The Morgan fingerprint density at radius 1 is 1.20 bits per heavy atom. The lowest BCUT2D eigenvalue weighted by atomic mass is 9.98. The minimum atomic E-state index is -3.48. The van der Waals surface area contributed by atoms with Crippen molar-refractivity contribution in [2.45, 2.75) is 25.2 Å². The molecule has 0 bridgehead atoms. The van der Waals surface area contributed by atoms with Gasteiger partial charge in [0.1, 0.15) is 5.65 Å². The standard InChI is InChI=1S/C22H19ClN2O3S2/c1-13-5-4-6-17(14(13)2)15-7-8-20-24-10-16(25(20)11-15)9-18(26)22-21(23)19(12-29-22)30(3,27)28/h4-8,10-12H,9H2,1-3H3. The van der Waals surface area contributed by atoms with Crippen molar-refractivity contribution in [3.05, 3.63) is 74.8 Å². The van der Waals surface area contributed by atoms with Gasteiger partial charge in [-0.3, -0.25) is 4.79 Å². The molecule has 1 aromatic carbocycles. The second kappa shape index (κ2) is 7.65. The molecule has 30 heavy (non-hydrogen) atoms. The van der Waals surface area contributed by atoms with Crippen LogP contribution in [0.2, 0.25) is 5.02 Å². The minimum absolute atomic E-state index is 0.00241. The number of aryl methyl sites for hydroxylation is 1. The number of benzene rings is 1. The number of hydrogen-bond donors (Lipinski definition) is 0. The van der Waals surface area contributed by atoms with Crippen LogP contribution in [0, 0.1) is 13.8 Å². The largest absolute Gasteiger partial charge is 0.303 e. The summed E-state index contributed by atoms with van der Waals surface area (Å²) in [5.74, 6) is -0.237. The molecule has 0 aliphatic heterocycles. The zero-order chi connectivity index (χ0) is 21.6. The molecule has 0 atom stereocenters. The molecule has 3 aromatic heterocycles. The third-order valence-electron chi connectivity index (χ3n) is 5.19. The van der Waals surface area contributed by atoms with Gasteiger partial charge in [0.2, 0.25) is 0 Å². The van der Waals surface area contributed by atoms with Crippen molar-refractivity contribution in [2.24, 2.45) is 0 Å². The molecule has 0 radical (unpaired) electrons. The van der Waals surface area contributed by atoms with Crippen LogP contribution >= 0.6 is 22.9 Å². The van der Waals surface area contributed by atoms with Crippen molar-refractivity contribution in [1.29, 1.82) is 0 Å². The number of halogens is 1. The molecular formula is C22H19ClN2O3S2.